The van der Waals surface area contributed by atoms with Crippen LogP contribution in [-0.4, -0.2) is 26.5 Å². The molecule has 2 heteroatoms. The summed E-state index contributed by atoms with van der Waals surface area (Å²) < 4.78 is 6.54. The van der Waals surface area contributed by atoms with Gasteiger partial charge in [0.25, 0.3) is 0 Å². The van der Waals surface area contributed by atoms with Crippen molar-refractivity contribution in [3.05, 3.63) is 100 Å². The van der Waals surface area contributed by atoms with Crippen molar-refractivity contribution in [1.29, 1.82) is 0 Å². The van der Waals surface area contributed by atoms with Crippen molar-refractivity contribution in [3.63, 3.8) is 0 Å². The first kappa shape index (κ1) is 23.1. The summed E-state index contributed by atoms with van der Waals surface area (Å²) in [5.41, 5.74) is 0. The molecular formula is C28H36SiSn. The zero-order valence-electron chi connectivity index (χ0n) is 19.2. The molecule has 0 aliphatic carbocycles. The second kappa shape index (κ2) is 10.1. The molecule has 0 aliphatic heterocycles. The van der Waals surface area contributed by atoms with Crippen molar-refractivity contribution in [3.8, 4) is 0 Å². The van der Waals surface area contributed by atoms with Crippen LogP contribution in [0.2, 0.25) is 19.6 Å². The maximum atomic E-state index is 2.69. The topological polar surface area (TPSA) is 0 Å². The van der Waals surface area contributed by atoms with Gasteiger partial charge in [0.15, 0.2) is 0 Å². The van der Waals surface area contributed by atoms with E-state index >= 15 is 0 Å². The van der Waals surface area contributed by atoms with Crippen LogP contribution in [-0.2, 0) is 0 Å². The molecule has 0 heterocycles. The van der Waals surface area contributed by atoms with Crippen molar-refractivity contribution in [2.45, 2.75) is 46.3 Å². The molecule has 156 valence electrons. The standard InChI is InChI=1S/C10H21Si.3C6H5.Sn/c1-10(2)8-6-7-9-11(3,4)5;3*1-2-4-6-5-3-1;/h7,10H,6,8H2,1-5H3;3*1-5H;. The van der Waals surface area contributed by atoms with Gasteiger partial charge in [-0.25, -0.2) is 0 Å². The zero-order valence-corrected chi connectivity index (χ0v) is 23.1. The second-order valence-corrected chi connectivity index (χ2v) is 26.9. The average Bonchev–Trinajstić information content (AvgIpc) is 2.74. The van der Waals surface area contributed by atoms with Crippen molar-refractivity contribution >= 4 is 37.2 Å². The van der Waals surface area contributed by atoms with E-state index in [9.17, 15) is 0 Å². The summed E-state index contributed by atoms with van der Waals surface area (Å²) in [7, 11) is -1.59. The SMILES string of the molecule is CC(C)CC/C=[C](\[Si](C)(C)C)[Sn]([c]1ccccc1)([c]1ccccc1)[c]1ccccc1. The normalized spacial score (nSPS) is 12.9. The van der Waals surface area contributed by atoms with Crippen LogP contribution < -0.4 is 10.7 Å². The Labute approximate surface area is 189 Å². The van der Waals surface area contributed by atoms with Gasteiger partial charge in [-0.3, -0.25) is 0 Å². The van der Waals surface area contributed by atoms with Crippen molar-refractivity contribution in [2.24, 2.45) is 5.92 Å². The van der Waals surface area contributed by atoms with Crippen LogP contribution in [0.5, 0.6) is 0 Å². The molecule has 30 heavy (non-hydrogen) atoms. The van der Waals surface area contributed by atoms with Gasteiger partial charge in [0.1, 0.15) is 0 Å². The number of rotatable bonds is 8. The van der Waals surface area contributed by atoms with E-state index in [2.05, 4.69) is 131 Å². The molecule has 0 aliphatic rings. The molecular weight excluding hydrogens is 483 g/mol. The maximum absolute atomic E-state index is 3.40. The van der Waals surface area contributed by atoms with E-state index in [1.165, 1.54) is 12.8 Å². The number of hydrogen-bond donors (Lipinski definition) is 0. The molecule has 3 aromatic rings. The summed E-state index contributed by atoms with van der Waals surface area (Å²) in [5.74, 6) is 0.735. The Morgan fingerprint density at radius 3 is 1.37 bits per heavy atom. The number of hydrogen-bond acceptors (Lipinski definition) is 0. The molecule has 3 rings (SSSR count). The van der Waals surface area contributed by atoms with E-state index in [-0.39, 0.29) is 0 Å². The third kappa shape index (κ3) is 5.00. The van der Waals surface area contributed by atoms with Crippen molar-refractivity contribution < 1.29 is 0 Å². The van der Waals surface area contributed by atoms with E-state index in [1.54, 1.807) is 10.7 Å². The molecule has 3 aromatic carbocycles. The predicted molar refractivity (Wildman–Crippen MR) is 139 cm³/mol. The van der Waals surface area contributed by atoms with Crippen LogP contribution in [0.4, 0.5) is 0 Å². The molecule has 0 spiro atoms. The van der Waals surface area contributed by atoms with E-state index < -0.39 is 26.5 Å². The van der Waals surface area contributed by atoms with Crippen LogP contribution in [0.1, 0.15) is 26.7 Å². The summed E-state index contributed by atoms with van der Waals surface area (Å²) in [4.78, 5) is 0. The Hall–Kier alpha value is -1.58. The molecule has 0 saturated carbocycles. The summed E-state index contributed by atoms with van der Waals surface area (Å²) in [6, 6.07) is 34.4. The number of benzene rings is 3. The molecule has 0 fully saturated rings. The van der Waals surface area contributed by atoms with Gasteiger partial charge < -0.3 is 0 Å². The molecule has 0 nitrogen and oxygen atoms in total. The fraction of sp³-hybridized carbons (Fsp3) is 0.286. The second-order valence-electron chi connectivity index (χ2n) is 9.69. The van der Waals surface area contributed by atoms with Gasteiger partial charge in [-0.05, 0) is 0 Å². The summed E-state index contributed by atoms with van der Waals surface area (Å²) in [5, 5.41) is 0. The molecule has 0 saturated heterocycles. The fourth-order valence-electron chi connectivity index (χ4n) is 4.61. The van der Waals surface area contributed by atoms with Gasteiger partial charge in [-0.15, -0.1) is 0 Å². The van der Waals surface area contributed by atoms with Gasteiger partial charge in [-0.1, -0.05) is 0 Å². The predicted octanol–water partition coefficient (Wildman–Crippen LogP) is 5.94. The summed E-state index contributed by atoms with van der Waals surface area (Å²) in [6.07, 6.45) is 5.13. The van der Waals surface area contributed by atoms with E-state index in [0.717, 1.165) is 5.92 Å². The minimum absolute atomic E-state index is 0.735. The first-order valence-electron chi connectivity index (χ1n) is 11.2. The summed E-state index contributed by atoms with van der Waals surface area (Å²) >= 11 is -3.40. The van der Waals surface area contributed by atoms with Gasteiger partial charge in [0.2, 0.25) is 0 Å². The Morgan fingerprint density at radius 2 is 1.07 bits per heavy atom. The van der Waals surface area contributed by atoms with Crippen LogP contribution in [0.15, 0.2) is 100 Å². The molecule has 0 aromatic heterocycles. The quantitative estimate of drug-likeness (QED) is 0.324. The van der Waals surface area contributed by atoms with Gasteiger partial charge in [-0.2, -0.15) is 0 Å². The van der Waals surface area contributed by atoms with E-state index in [0.29, 0.717) is 0 Å². The molecule has 0 radical (unpaired) electrons. The van der Waals surface area contributed by atoms with Crippen LogP contribution >= 0.6 is 0 Å². The molecule has 0 atom stereocenters. The molecule has 0 amide bonds. The van der Waals surface area contributed by atoms with Crippen LogP contribution in [0, 0.1) is 5.92 Å². The van der Waals surface area contributed by atoms with Crippen molar-refractivity contribution in [1.82, 2.24) is 0 Å². The monoisotopic (exact) mass is 520 g/mol. The average molecular weight is 519 g/mol. The Bertz CT molecular complexity index is 842. The van der Waals surface area contributed by atoms with Gasteiger partial charge in [0, 0.05) is 0 Å². The Balaban J connectivity index is 2.40. The Kier molecular flexibility index (Phi) is 7.81. The third-order valence-electron chi connectivity index (χ3n) is 5.92. The molecule has 0 unspecified atom stereocenters. The van der Waals surface area contributed by atoms with Gasteiger partial charge >= 0.3 is 190 Å². The molecule has 0 bridgehead atoms. The summed E-state index contributed by atoms with van der Waals surface area (Å²) in [6.45, 7) is 12.3. The van der Waals surface area contributed by atoms with Crippen LogP contribution in [0.3, 0.4) is 0 Å². The third-order valence-corrected chi connectivity index (χ3v) is 29.8. The van der Waals surface area contributed by atoms with Gasteiger partial charge in [0.05, 0.1) is 0 Å². The van der Waals surface area contributed by atoms with E-state index in [4.69, 9.17) is 0 Å². The first-order valence-corrected chi connectivity index (χ1v) is 20.5. The molecule has 0 N–H and O–H groups in total. The fourth-order valence-corrected chi connectivity index (χ4v) is 31.8. The minimum atomic E-state index is -3.40. The van der Waals surface area contributed by atoms with Crippen molar-refractivity contribution in [2.75, 3.05) is 0 Å². The first-order chi connectivity index (χ1) is 14.4. The van der Waals surface area contributed by atoms with Crippen LogP contribution in [0.25, 0.3) is 0 Å². The number of allylic oxidation sites excluding steroid dienone is 1. The van der Waals surface area contributed by atoms with E-state index in [1.807, 2.05) is 3.21 Å². The zero-order chi connectivity index (χ0) is 21.6. The Morgan fingerprint density at radius 1 is 0.700 bits per heavy atom.